The molecule has 2 aliphatic carbocycles. The van der Waals surface area contributed by atoms with Crippen molar-refractivity contribution in [3.8, 4) is 0 Å². The zero-order valence-corrected chi connectivity index (χ0v) is 28.9. The molecule has 0 radical (unpaired) electrons. The van der Waals surface area contributed by atoms with Crippen LogP contribution >= 0.6 is 0 Å². The van der Waals surface area contributed by atoms with Crippen LogP contribution in [0.4, 0.5) is 0 Å². The maximum atomic E-state index is 11.4. The van der Waals surface area contributed by atoms with Crippen LogP contribution in [0.1, 0.15) is 94.9 Å². The monoisotopic (exact) mass is 602 g/mol. The van der Waals surface area contributed by atoms with Gasteiger partial charge in [-0.15, -0.1) is 0 Å². The number of aliphatic hydroxyl groups excluding tert-OH is 2. The predicted molar refractivity (Wildman–Crippen MR) is 187 cm³/mol. The van der Waals surface area contributed by atoms with Crippen LogP contribution in [0.5, 0.6) is 0 Å². The van der Waals surface area contributed by atoms with Crippen LogP contribution in [0, 0.1) is 10.8 Å². The molecule has 4 heteroatoms. The lowest BCUT2D eigenvalue weighted by molar-refractivity contribution is -0.216. The van der Waals surface area contributed by atoms with Crippen molar-refractivity contribution < 1.29 is 20.4 Å². The molecule has 44 heavy (non-hydrogen) atoms. The molecule has 0 aliphatic heterocycles. The van der Waals surface area contributed by atoms with E-state index in [-0.39, 0.29) is 17.9 Å². The van der Waals surface area contributed by atoms with Crippen molar-refractivity contribution in [3.63, 3.8) is 0 Å². The first kappa shape index (κ1) is 37.4. The Bertz CT molecular complexity index is 1300. The molecule has 4 atom stereocenters. The minimum Gasteiger partial charge on any atom is -0.393 e. The minimum atomic E-state index is -1.44. The average Bonchev–Trinajstić information content (AvgIpc) is 2.87. The molecular weight excluding hydrogens is 544 g/mol. The largest absolute Gasteiger partial charge is 0.393 e. The van der Waals surface area contributed by atoms with E-state index in [0.717, 1.165) is 29.6 Å². The normalized spacial score (nSPS) is 31.1. The van der Waals surface area contributed by atoms with Crippen molar-refractivity contribution in [3.05, 3.63) is 119 Å². The van der Waals surface area contributed by atoms with Gasteiger partial charge in [-0.05, 0) is 77.9 Å². The van der Waals surface area contributed by atoms with Gasteiger partial charge in [-0.2, -0.15) is 0 Å². The molecule has 0 amide bonds. The maximum Gasteiger partial charge on any atom is 0.117 e. The molecule has 0 aromatic rings. The van der Waals surface area contributed by atoms with Crippen LogP contribution in [0.2, 0.25) is 0 Å². The molecule has 0 saturated heterocycles. The standard InChI is InChI=1S/C40H58O4/c1-29(17-13-19-31(3)21-22-36-33(5)25-34(41)26-37(36,6)7)15-11-12-16-30(2)18-14-20-32(4)23-24-40(44)38(8,9)27-35(42)28-39(40,10)43/h11-24,34-35,41-44H,25-28H2,1-10H3/b12-11-,17-13+,18-14+,22-21+,24-23+,29-15+,30-16+,31-19+,32-20+/t34-,35+,39+,40+/m1/s1. The number of allylic oxidation sites excluding steroid dienone is 18. The molecule has 1 saturated carbocycles. The number of aliphatic hydroxyl groups is 4. The van der Waals surface area contributed by atoms with Crippen molar-refractivity contribution in [1.29, 1.82) is 0 Å². The molecule has 4 nitrogen and oxygen atoms in total. The topological polar surface area (TPSA) is 80.9 Å². The molecular formula is C40H58O4. The predicted octanol–water partition coefficient (Wildman–Crippen LogP) is 8.71. The van der Waals surface area contributed by atoms with Gasteiger partial charge >= 0.3 is 0 Å². The summed E-state index contributed by atoms with van der Waals surface area (Å²) in [6.45, 7) is 20.1. The summed E-state index contributed by atoms with van der Waals surface area (Å²) in [6.07, 6.45) is 29.6. The van der Waals surface area contributed by atoms with E-state index in [1.807, 2.05) is 64.2 Å². The Labute approximate surface area is 267 Å². The summed E-state index contributed by atoms with van der Waals surface area (Å²) in [6, 6.07) is 0. The summed E-state index contributed by atoms with van der Waals surface area (Å²) in [7, 11) is 0. The minimum absolute atomic E-state index is 0.0115. The van der Waals surface area contributed by atoms with Gasteiger partial charge in [0.05, 0.1) is 17.8 Å². The lowest BCUT2D eigenvalue weighted by atomic mass is 9.57. The fourth-order valence-electron chi connectivity index (χ4n) is 6.55. The van der Waals surface area contributed by atoms with Crippen LogP contribution in [-0.4, -0.2) is 43.8 Å². The first-order chi connectivity index (χ1) is 20.3. The first-order valence-electron chi connectivity index (χ1n) is 15.9. The second-order valence-corrected chi connectivity index (χ2v) is 14.5. The van der Waals surface area contributed by atoms with E-state index in [0.29, 0.717) is 6.42 Å². The summed E-state index contributed by atoms with van der Waals surface area (Å²) >= 11 is 0. The molecule has 0 bridgehead atoms. The van der Waals surface area contributed by atoms with Crippen LogP contribution in [0.25, 0.3) is 0 Å². The van der Waals surface area contributed by atoms with Crippen LogP contribution in [-0.2, 0) is 0 Å². The van der Waals surface area contributed by atoms with Crippen molar-refractivity contribution in [2.24, 2.45) is 10.8 Å². The Morgan fingerprint density at radius 1 is 0.636 bits per heavy atom. The van der Waals surface area contributed by atoms with E-state index < -0.39 is 22.7 Å². The highest BCUT2D eigenvalue weighted by Crippen LogP contribution is 2.50. The highest BCUT2D eigenvalue weighted by molar-refractivity contribution is 5.38. The Morgan fingerprint density at radius 2 is 1.11 bits per heavy atom. The Kier molecular flexibility index (Phi) is 13.2. The van der Waals surface area contributed by atoms with E-state index in [4.69, 9.17) is 0 Å². The smallest absolute Gasteiger partial charge is 0.117 e. The van der Waals surface area contributed by atoms with Gasteiger partial charge in [0, 0.05) is 11.8 Å². The quantitative estimate of drug-likeness (QED) is 0.189. The zero-order valence-electron chi connectivity index (χ0n) is 28.9. The summed E-state index contributed by atoms with van der Waals surface area (Å²) in [5.41, 5.74) is 3.44. The summed E-state index contributed by atoms with van der Waals surface area (Å²) in [4.78, 5) is 0. The number of hydrogen-bond donors (Lipinski definition) is 4. The number of hydrogen-bond acceptors (Lipinski definition) is 4. The van der Waals surface area contributed by atoms with Crippen molar-refractivity contribution in [2.45, 2.75) is 118 Å². The second-order valence-electron chi connectivity index (χ2n) is 14.5. The third-order valence-electron chi connectivity index (χ3n) is 9.07. The van der Waals surface area contributed by atoms with Gasteiger partial charge in [-0.1, -0.05) is 135 Å². The third-order valence-corrected chi connectivity index (χ3v) is 9.07. The Hall–Kier alpha value is -2.76. The van der Waals surface area contributed by atoms with Gasteiger partial charge in [0.2, 0.25) is 0 Å². The van der Waals surface area contributed by atoms with E-state index in [2.05, 4.69) is 77.2 Å². The maximum absolute atomic E-state index is 11.4. The van der Waals surface area contributed by atoms with E-state index >= 15 is 0 Å². The zero-order chi connectivity index (χ0) is 33.3. The third kappa shape index (κ3) is 10.4. The molecule has 0 heterocycles. The van der Waals surface area contributed by atoms with E-state index in [1.54, 1.807) is 13.0 Å². The molecule has 0 aromatic carbocycles. The highest BCUT2D eigenvalue weighted by Gasteiger charge is 2.58. The molecule has 4 N–H and O–H groups in total. The lowest BCUT2D eigenvalue weighted by Gasteiger charge is -2.54. The average molecular weight is 603 g/mol. The van der Waals surface area contributed by atoms with Crippen molar-refractivity contribution in [2.75, 3.05) is 0 Å². The van der Waals surface area contributed by atoms with Gasteiger partial charge in [0.1, 0.15) is 5.60 Å². The molecule has 0 spiro atoms. The SMILES string of the molecule is CC1=C(/C=C/C(C)=C/C=C/C(C)=C/C=C\C=C(C)\C=C\C=C(C)\C=C\[C@]2(O)C(C)(C)C[C@H](O)C[C@]2(C)O)C(C)(C)C[C@H](O)C1. The molecule has 2 rings (SSSR count). The molecule has 2 aliphatic rings. The van der Waals surface area contributed by atoms with Crippen LogP contribution in [0.15, 0.2) is 119 Å². The fourth-order valence-corrected chi connectivity index (χ4v) is 6.55. The molecule has 0 unspecified atom stereocenters. The summed E-state index contributed by atoms with van der Waals surface area (Å²) in [5.74, 6) is 0. The highest BCUT2D eigenvalue weighted by atomic mass is 16.4. The van der Waals surface area contributed by atoms with Gasteiger partial charge in [0.15, 0.2) is 0 Å². The van der Waals surface area contributed by atoms with Crippen molar-refractivity contribution >= 4 is 0 Å². The lowest BCUT2D eigenvalue weighted by Crippen LogP contribution is -2.65. The first-order valence-corrected chi connectivity index (χ1v) is 15.9. The van der Waals surface area contributed by atoms with Crippen LogP contribution < -0.4 is 0 Å². The van der Waals surface area contributed by atoms with Gasteiger partial charge in [-0.3, -0.25) is 0 Å². The Morgan fingerprint density at radius 3 is 1.61 bits per heavy atom. The Balaban J connectivity index is 1.94. The molecule has 242 valence electrons. The van der Waals surface area contributed by atoms with Gasteiger partial charge in [0.25, 0.3) is 0 Å². The summed E-state index contributed by atoms with van der Waals surface area (Å²) < 4.78 is 0. The fraction of sp³-hybridized carbons (Fsp3) is 0.500. The van der Waals surface area contributed by atoms with E-state index in [9.17, 15) is 20.4 Å². The molecule has 1 fully saturated rings. The van der Waals surface area contributed by atoms with E-state index in [1.165, 1.54) is 16.7 Å². The molecule has 0 aromatic heterocycles. The van der Waals surface area contributed by atoms with Gasteiger partial charge in [-0.25, -0.2) is 0 Å². The summed E-state index contributed by atoms with van der Waals surface area (Å²) in [5, 5.41) is 42.6. The second kappa shape index (κ2) is 15.5. The van der Waals surface area contributed by atoms with Crippen LogP contribution in [0.3, 0.4) is 0 Å². The van der Waals surface area contributed by atoms with Crippen molar-refractivity contribution in [1.82, 2.24) is 0 Å². The number of rotatable bonds is 10. The van der Waals surface area contributed by atoms with Gasteiger partial charge < -0.3 is 20.4 Å².